The molecule has 132 valence electrons. The topological polar surface area (TPSA) is 81.9 Å². The number of hydrogen-bond acceptors (Lipinski definition) is 4. The van der Waals surface area contributed by atoms with Crippen LogP contribution in [0.25, 0.3) is 21.5 Å². The molecule has 0 unspecified atom stereocenters. The van der Waals surface area contributed by atoms with Crippen molar-refractivity contribution in [2.75, 3.05) is 0 Å². The second-order valence-corrected chi connectivity index (χ2v) is 6.13. The van der Waals surface area contributed by atoms with Crippen molar-refractivity contribution in [2.24, 2.45) is 5.10 Å². The molecule has 4 aromatic rings. The molecule has 0 spiro atoms. The lowest BCUT2D eigenvalue weighted by Crippen LogP contribution is -2.17. The van der Waals surface area contributed by atoms with Gasteiger partial charge in [-0.3, -0.25) is 4.79 Å². The summed E-state index contributed by atoms with van der Waals surface area (Å²) < 4.78 is 0. The van der Waals surface area contributed by atoms with Crippen LogP contribution in [0, 0.1) is 0 Å². The van der Waals surface area contributed by atoms with E-state index in [2.05, 4.69) is 16.6 Å². The van der Waals surface area contributed by atoms with Crippen LogP contribution < -0.4 is 5.43 Å². The van der Waals surface area contributed by atoms with E-state index in [4.69, 9.17) is 0 Å². The van der Waals surface area contributed by atoms with Crippen LogP contribution >= 0.6 is 0 Å². The molecule has 5 heteroatoms. The molecular formula is C22H16N2O3. The van der Waals surface area contributed by atoms with E-state index >= 15 is 0 Å². The fraction of sp³-hybridized carbons (Fsp3) is 0. The molecule has 3 N–H and O–H groups in total. The molecule has 5 nitrogen and oxygen atoms in total. The first kappa shape index (κ1) is 16.6. The van der Waals surface area contributed by atoms with Crippen LogP contribution in [-0.4, -0.2) is 22.3 Å². The van der Waals surface area contributed by atoms with Crippen molar-refractivity contribution in [3.63, 3.8) is 0 Å². The van der Waals surface area contributed by atoms with Gasteiger partial charge in [-0.05, 0) is 39.7 Å². The number of nitrogens with one attached hydrogen (secondary N) is 1. The average molecular weight is 356 g/mol. The van der Waals surface area contributed by atoms with Gasteiger partial charge < -0.3 is 10.2 Å². The molecular weight excluding hydrogens is 340 g/mol. The Balaban J connectivity index is 1.70. The lowest BCUT2D eigenvalue weighted by molar-refractivity contribution is 0.0952. The van der Waals surface area contributed by atoms with Gasteiger partial charge in [0, 0.05) is 11.6 Å². The number of nitrogens with zero attached hydrogens (tertiary/aromatic N) is 1. The smallest absolute Gasteiger partial charge is 0.275 e. The summed E-state index contributed by atoms with van der Waals surface area (Å²) in [6.07, 6.45) is 1.61. The Morgan fingerprint density at radius 2 is 1.48 bits per heavy atom. The van der Waals surface area contributed by atoms with Gasteiger partial charge in [0.1, 0.15) is 11.5 Å². The van der Waals surface area contributed by atoms with Crippen LogP contribution in [0.15, 0.2) is 77.9 Å². The first-order valence-electron chi connectivity index (χ1n) is 8.39. The van der Waals surface area contributed by atoms with Crippen molar-refractivity contribution < 1.29 is 15.0 Å². The van der Waals surface area contributed by atoms with E-state index in [1.807, 2.05) is 48.5 Å². The first-order chi connectivity index (χ1) is 13.1. The largest absolute Gasteiger partial charge is 0.508 e. The van der Waals surface area contributed by atoms with E-state index in [1.54, 1.807) is 6.21 Å². The number of hydrazone groups is 1. The summed E-state index contributed by atoms with van der Waals surface area (Å²) >= 11 is 0. The van der Waals surface area contributed by atoms with E-state index in [0.717, 1.165) is 33.2 Å². The molecule has 0 saturated heterocycles. The van der Waals surface area contributed by atoms with Crippen molar-refractivity contribution in [2.45, 2.75) is 0 Å². The lowest BCUT2D eigenvalue weighted by Gasteiger charge is -2.08. The van der Waals surface area contributed by atoms with Gasteiger partial charge in [0.2, 0.25) is 0 Å². The van der Waals surface area contributed by atoms with E-state index in [0.29, 0.717) is 0 Å². The summed E-state index contributed by atoms with van der Waals surface area (Å²) in [4.78, 5) is 12.2. The van der Waals surface area contributed by atoms with Crippen LogP contribution in [0.1, 0.15) is 15.9 Å². The minimum atomic E-state index is -0.562. The van der Waals surface area contributed by atoms with Gasteiger partial charge in [-0.1, -0.05) is 48.5 Å². The third-order valence-electron chi connectivity index (χ3n) is 4.40. The maximum Gasteiger partial charge on any atom is 0.275 e. The molecule has 0 aliphatic carbocycles. The van der Waals surface area contributed by atoms with Crippen LogP contribution in [0.5, 0.6) is 11.5 Å². The molecule has 0 atom stereocenters. The highest BCUT2D eigenvalue weighted by atomic mass is 16.3. The number of aromatic hydroxyl groups is 2. The normalized spacial score (nSPS) is 11.3. The third-order valence-corrected chi connectivity index (χ3v) is 4.40. The molecule has 0 aliphatic rings. The van der Waals surface area contributed by atoms with Crippen LogP contribution in [0.4, 0.5) is 0 Å². The monoisotopic (exact) mass is 356 g/mol. The number of phenols is 2. The number of fused-ring (bicyclic) bond motifs is 2. The Morgan fingerprint density at radius 3 is 2.11 bits per heavy atom. The highest BCUT2D eigenvalue weighted by molar-refractivity contribution is 6.13. The summed E-state index contributed by atoms with van der Waals surface area (Å²) in [5.41, 5.74) is 3.36. The Morgan fingerprint density at radius 1 is 0.852 bits per heavy atom. The molecule has 0 bridgehead atoms. The van der Waals surface area contributed by atoms with E-state index < -0.39 is 5.91 Å². The van der Waals surface area contributed by atoms with Crippen molar-refractivity contribution in [3.8, 4) is 11.5 Å². The molecule has 0 aliphatic heterocycles. The molecule has 1 amide bonds. The molecule has 0 heterocycles. The fourth-order valence-corrected chi connectivity index (χ4v) is 3.12. The Bertz CT molecular complexity index is 1140. The van der Waals surface area contributed by atoms with Gasteiger partial charge in [0.05, 0.1) is 11.8 Å². The Hall–Kier alpha value is -3.86. The molecule has 0 aromatic heterocycles. The van der Waals surface area contributed by atoms with Gasteiger partial charge in [0.25, 0.3) is 5.91 Å². The lowest BCUT2D eigenvalue weighted by atomic mass is 9.97. The maximum atomic E-state index is 12.2. The molecule has 4 rings (SSSR count). The minimum absolute atomic E-state index is 0.0349. The van der Waals surface area contributed by atoms with Gasteiger partial charge in [-0.2, -0.15) is 5.10 Å². The predicted molar refractivity (Wildman–Crippen MR) is 106 cm³/mol. The summed E-state index contributed by atoms with van der Waals surface area (Å²) in [6, 6.07) is 21.9. The van der Waals surface area contributed by atoms with E-state index in [9.17, 15) is 15.0 Å². The van der Waals surface area contributed by atoms with Crippen LogP contribution in [0.3, 0.4) is 0 Å². The van der Waals surface area contributed by atoms with Crippen molar-refractivity contribution >= 4 is 33.7 Å². The van der Waals surface area contributed by atoms with Gasteiger partial charge >= 0.3 is 0 Å². The summed E-state index contributed by atoms with van der Waals surface area (Å²) in [7, 11) is 0. The molecule has 4 aromatic carbocycles. The number of hydrogen-bond donors (Lipinski definition) is 3. The van der Waals surface area contributed by atoms with E-state index in [1.165, 1.54) is 12.1 Å². The zero-order chi connectivity index (χ0) is 18.8. The first-order valence-corrected chi connectivity index (χ1v) is 8.39. The van der Waals surface area contributed by atoms with Crippen molar-refractivity contribution in [3.05, 3.63) is 83.9 Å². The Kier molecular flexibility index (Phi) is 4.18. The third kappa shape index (κ3) is 3.18. The second-order valence-electron chi connectivity index (χ2n) is 6.13. The zero-order valence-electron chi connectivity index (χ0n) is 14.3. The van der Waals surface area contributed by atoms with Crippen LogP contribution in [-0.2, 0) is 0 Å². The minimum Gasteiger partial charge on any atom is -0.508 e. The number of benzene rings is 4. The SMILES string of the molecule is O=C(NN=Cc1c2ccccc2cc2ccccc12)c1ccc(O)cc1O. The van der Waals surface area contributed by atoms with Gasteiger partial charge in [0.15, 0.2) is 0 Å². The van der Waals surface area contributed by atoms with Crippen LogP contribution in [0.2, 0.25) is 0 Å². The average Bonchev–Trinajstić information content (AvgIpc) is 2.67. The number of rotatable bonds is 3. The number of phenolic OH excluding ortho intramolecular Hbond substituents is 2. The number of carbonyl (C=O) groups is 1. The Labute approximate surface area is 155 Å². The summed E-state index contributed by atoms with van der Waals surface area (Å²) in [5.74, 6) is -0.985. The molecule has 0 fully saturated rings. The highest BCUT2D eigenvalue weighted by Crippen LogP contribution is 2.27. The van der Waals surface area contributed by atoms with Gasteiger partial charge in [-0.15, -0.1) is 0 Å². The molecule has 0 radical (unpaired) electrons. The molecule has 0 saturated carbocycles. The number of carbonyl (C=O) groups excluding carboxylic acids is 1. The summed E-state index contributed by atoms with van der Waals surface area (Å²) in [5, 5.41) is 27.4. The van der Waals surface area contributed by atoms with E-state index in [-0.39, 0.29) is 17.1 Å². The maximum absolute atomic E-state index is 12.2. The highest BCUT2D eigenvalue weighted by Gasteiger charge is 2.11. The summed E-state index contributed by atoms with van der Waals surface area (Å²) in [6.45, 7) is 0. The standard InChI is InChI=1S/C22H16N2O3/c25-16-9-10-19(21(26)12-16)22(27)24-23-13-20-17-7-3-1-5-14(17)11-15-6-2-4-8-18(15)20/h1-13,25-26H,(H,24,27). The van der Waals surface area contributed by atoms with Crippen molar-refractivity contribution in [1.29, 1.82) is 0 Å². The quantitative estimate of drug-likeness (QED) is 0.293. The molecule has 27 heavy (non-hydrogen) atoms. The predicted octanol–water partition coefficient (Wildman–Crippen LogP) is 4.17. The van der Waals surface area contributed by atoms with Gasteiger partial charge in [-0.25, -0.2) is 5.43 Å². The second kappa shape index (κ2) is 6.80. The number of amides is 1. The van der Waals surface area contributed by atoms with Crippen molar-refractivity contribution in [1.82, 2.24) is 5.43 Å². The zero-order valence-corrected chi connectivity index (χ0v) is 14.3. The fourth-order valence-electron chi connectivity index (χ4n) is 3.12.